The first-order chi connectivity index (χ1) is 7.13. The van der Waals surface area contributed by atoms with E-state index in [9.17, 15) is 4.79 Å². The molecule has 0 heterocycles. The number of carbonyl (C=O) groups excluding carboxylic acids is 1. The van der Waals surface area contributed by atoms with Crippen molar-refractivity contribution in [1.82, 2.24) is 0 Å². The largest absolute Gasteiger partial charge is 0.466 e. The summed E-state index contributed by atoms with van der Waals surface area (Å²) in [5.41, 5.74) is 6.68. The van der Waals surface area contributed by atoms with Gasteiger partial charge in [-0.25, -0.2) is 0 Å². The van der Waals surface area contributed by atoms with E-state index in [0.717, 1.165) is 5.56 Å². The lowest BCUT2D eigenvalue weighted by Crippen LogP contribution is -2.17. The monoisotopic (exact) mass is 263 g/mol. The third kappa shape index (κ3) is 4.84. The first-order valence-electron chi connectivity index (χ1n) is 4.80. The van der Waals surface area contributed by atoms with Crippen molar-refractivity contribution in [3.63, 3.8) is 0 Å². The number of hydrogen-bond acceptors (Lipinski definition) is 3. The number of carbonyl (C=O) groups is 1. The molecule has 0 saturated heterocycles. The van der Waals surface area contributed by atoms with Crippen molar-refractivity contribution in [2.24, 2.45) is 5.73 Å². The molecule has 0 aliphatic rings. The second-order valence-corrected chi connectivity index (χ2v) is 3.61. The molecule has 0 radical (unpaired) electrons. The average molecular weight is 264 g/mol. The number of rotatable bonds is 4. The van der Waals surface area contributed by atoms with Gasteiger partial charge in [0.25, 0.3) is 0 Å². The van der Waals surface area contributed by atoms with Crippen LogP contribution in [0.4, 0.5) is 0 Å². The van der Waals surface area contributed by atoms with E-state index in [-0.39, 0.29) is 30.8 Å². The number of benzene rings is 1. The number of halogens is 2. The maximum atomic E-state index is 11.2. The fraction of sp³-hybridized carbons (Fsp3) is 0.364. The van der Waals surface area contributed by atoms with Gasteiger partial charge in [0.1, 0.15) is 0 Å². The molecule has 3 nitrogen and oxygen atoms in total. The lowest BCUT2D eigenvalue weighted by molar-refractivity contribution is -0.143. The third-order valence-electron chi connectivity index (χ3n) is 1.97. The van der Waals surface area contributed by atoms with Gasteiger partial charge in [0.2, 0.25) is 0 Å². The third-order valence-corrected chi connectivity index (χ3v) is 2.20. The molecule has 0 bridgehead atoms. The summed E-state index contributed by atoms with van der Waals surface area (Å²) in [6, 6.07) is 6.81. The highest BCUT2D eigenvalue weighted by atomic mass is 35.5. The normalized spacial score (nSPS) is 11.4. The van der Waals surface area contributed by atoms with Gasteiger partial charge in [0, 0.05) is 11.1 Å². The number of ether oxygens (including phenoxy) is 1. The summed E-state index contributed by atoms with van der Waals surface area (Å²) in [4.78, 5) is 11.2. The topological polar surface area (TPSA) is 52.3 Å². The zero-order valence-electron chi connectivity index (χ0n) is 8.98. The fourth-order valence-corrected chi connectivity index (χ4v) is 1.45. The molecule has 0 aliphatic carbocycles. The molecule has 1 atom stereocenters. The van der Waals surface area contributed by atoms with Gasteiger partial charge >= 0.3 is 5.97 Å². The Balaban J connectivity index is 0.00000225. The Morgan fingerprint density at radius 3 is 2.81 bits per heavy atom. The number of hydrogen-bond donors (Lipinski definition) is 1. The van der Waals surface area contributed by atoms with Gasteiger partial charge in [-0.05, 0) is 24.6 Å². The second-order valence-electron chi connectivity index (χ2n) is 3.17. The van der Waals surface area contributed by atoms with Gasteiger partial charge in [0.15, 0.2) is 0 Å². The Kier molecular flexibility index (Phi) is 7.13. The summed E-state index contributed by atoms with van der Waals surface area (Å²) >= 11 is 5.81. The highest BCUT2D eigenvalue weighted by molar-refractivity contribution is 6.30. The zero-order valence-corrected chi connectivity index (χ0v) is 10.6. The van der Waals surface area contributed by atoms with E-state index in [2.05, 4.69) is 0 Å². The van der Waals surface area contributed by atoms with Gasteiger partial charge < -0.3 is 10.5 Å². The van der Waals surface area contributed by atoms with Gasteiger partial charge in [-0.3, -0.25) is 4.79 Å². The van der Waals surface area contributed by atoms with Crippen LogP contribution >= 0.6 is 24.0 Å². The van der Waals surface area contributed by atoms with Crippen molar-refractivity contribution in [1.29, 1.82) is 0 Å². The lowest BCUT2D eigenvalue weighted by atomic mass is 10.1. The molecule has 1 aromatic rings. The molecule has 5 heteroatoms. The van der Waals surface area contributed by atoms with Crippen LogP contribution in [0.25, 0.3) is 0 Å². The second kappa shape index (κ2) is 7.49. The van der Waals surface area contributed by atoms with E-state index in [4.69, 9.17) is 22.1 Å². The minimum atomic E-state index is -0.359. The molecule has 1 aromatic carbocycles. The van der Waals surface area contributed by atoms with E-state index >= 15 is 0 Å². The predicted molar refractivity (Wildman–Crippen MR) is 66.9 cm³/mol. The molecule has 0 fully saturated rings. The predicted octanol–water partition coefficient (Wildman–Crippen LogP) is 2.71. The summed E-state index contributed by atoms with van der Waals surface area (Å²) in [6.45, 7) is 2.14. The molecule has 16 heavy (non-hydrogen) atoms. The number of nitrogens with two attached hydrogens (primary N) is 1. The van der Waals surface area contributed by atoms with Crippen LogP contribution in [0, 0.1) is 0 Å². The van der Waals surface area contributed by atoms with Crippen LogP contribution in [0.2, 0.25) is 5.02 Å². The van der Waals surface area contributed by atoms with Crippen molar-refractivity contribution >= 4 is 30.0 Å². The first-order valence-corrected chi connectivity index (χ1v) is 5.18. The van der Waals surface area contributed by atoms with Gasteiger partial charge in [-0.2, -0.15) is 0 Å². The summed E-state index contributed by atoms with van der Waals surface area (Å²) in [6.07, 6.45) is 0.175. The van der Waals surface area contributed by atoms with Crippen molar-refractivity contribution in [2.75, 3.05) is 6.61 Å². The summed E-state index contributed by atoms with van der Waals surface area (Å²) < 4.78 is 4.81. The molecule has 0 aliphatic heterocycles. The Bertz CT molecular complexity index is 345. The Morgan fingerprint density at radius 1 is 1.56 bits per heavy atom. The molecular formula is C11H15Cl2NO2. The first kappa shape index (κ1) is 15.2. The standard InChI is InChI=1S/C11H14ClNO2.ClH/c1-2-15-11(14)7-10(13)8-4-3-5-9(12)6-8;/h3-6,10H,2,7,13H2,1H3;1H. The van der Waals surface area contributed by atoms with E-state index in [1.165, 1.54) is 0 Å². The van der Waals surface area contributed by atoms with E-state index in [1.807, 2.05) is 12.1 Å². The van der Waals surface area contributed by atoms with Crippen LogP contribution in [0.3, 0.4) is 0 Å². The molecule has 90 valence electrons. The van der Waals surface area contributed by atoms with Crippen molar-refractivity contribution in [3.8, 4) is 0 Å². The summed E-state index contributed by atoms with van der Waals surface area (Å²) in [5.74, 6) is -0.287. The molecule has 0 aromatic heterocycles. The van der Waals surface area contributed by atoms with Crippen LogP contribution in [-0.4, -0.2) is 12.6 Å². The van der Waals surface area contributed by atoms with Crippen LogP contribution in [0.5, 0.6) is 0 Å². The van der Waals surface area contributed by atoms with Crippen LogP contribution in [0.1, 0.15) is 24.9 Å². The molecule has 0 saturated carbocycles. The maximum Gasteiger partial charge on any atom is 0.307 e. The van der Waals surface area contributed by atoms with Crippen LogP contribution in [0.15, 0.2) is 24.3 Å². The van der Waals surface area contributed by atoms with Crippen molar-refractivity contribution in [3.05, 3.63) is 34.9 Å². The average Bonchev–Trinajstić information content (AvgIpc) is 2.18. The summed E-state index contributed by atoms with van der Waals surface area (Å²) in [7, 11) is 0. The minimum absolute atomic E-state index is 0. The molecule has 0 amide bonds. The minimum Gasteiger partial charge on any atom is -0.466 e. The maximum absolute atomic E-state index is 11.2. The number of esters is 1. The van der Waals surface area contributed by atoms with E-state index in [1.54, 1.807) is 19.1 Å². The van der Waals surface area contributed by atoms with E-state index < -0.39 is 0 Å². The Labute approximate surface area is 106 Å². The molecule has 1 rings (SSSR count). The quantitative estimate of drug-likeness (QED) is 0.850. The highest BCUT2D eigenvalue weighted by Crippen LogP contribution is 2.18. The van der Waals surface area contributed by atoms with Crippen molar-refractivity contribution in [2.45, 2.75) is 19.4 Å². The molecule has 2 N–H and O–H groups in total. The summed E-state index contributed by atoms with van der Waals surface area (Å²) in [5, 5.41) is 0.617. The molecule has 0 spiro atoms. The fourth-order valence-electron chi connectivity index (χ4n) is 1.25. The smallest absolute Gasteiger partial charge is 0.307 e. The van der Waals surface area contributed by atoms with E-state index in [0.29, 0.717) is 11.6 Å². The SMILES string of the molecule is CCOC(=O)CC(N)c1cccc(Cl)c1.Cl. The molecule has 1 unspecified atom stereocenters. The lowest BCUT2D eigenvalue weighted by Gasteiger charge is -2.11. The molecular weight excluding hydrogens is 249 g/mol. The van der Waals surface area contributed by atoms with Gasteiger partial charge in [0.05, 0.1) is 13.0 Å². The van der Waals surface area contributed by atoms with Gasteiger partial charge in [-0.1, -0.05) is 23.7 Å². The van der Waals surface area contributed by atoms with Gasteiger partial charge in [-0.15, -0.1) is 12.4 Å². The van der Waals surface area contributed by atoms with Crippen molar-refractivity contribution < 1.29 is 9.53 Å². The zero-order chi connectivity index (χ0) is 11.3. The van der Waals surface area contributed by atoms with Crippen LogP contribution < -0.4 is 5.73 Å². The highest BCUT2D eigenvalue weighted by Gasteiger charge is 2.12. The Hall–Kier alpha value is -0.770. The Morgan fingerprint density at radius 2 is 2.25 bits per heavy atom. The van der Waals surface area contributed by atoms with Crippen LogP contribution in [-0.2, 0) is 9.53 Å².